The average molecular weight is 474 g/mol. The molecule has 2 aromatic rings. The van der Waals surface area contributed by atoms with Crippen molar-refractivity contribution in [1.82, 2.24) is 10.3 Å². The van der Waals surface area contributed by atoms with Gasteiger partial charge in [0.2, 0.25) is 0 Å². The van der Waals surface area contributed by atoms with Crippen LogP contribution in [0.15, 0.2) is 41.9 Å². The highest BCUT2D eigenvalue weighted by Gasteiger charge is 2.44. The molecule has 35 heavy (non-hydrogen) atoms. The first-order valence-corrected chi connectivity index (χ1v) is 12.9. The van der Waals surface area contributed by atoms with Gasteiger partial charge in [0.25, 0.3) is 0 Å². The molecule has 5 nitrogen and oxygen atoms in total. The van der Waals surface area contributed by atoms with Crippen LogP contribution in [0.5, 0.6) is 0 Å². The molecule has 0 bridgehead atoms. The number of nitrogen functional groups attached to an aromatic ring is 1. The number of aliphatic imine (C=N–C) groups is 1. The number of benzene rings is 1. The van der Waals surface area contributed by atoms with E-state index >= 15 is 0 Å². The summed E-state index contributed by atoms with van der Waals surface area (Å²) >= 11 is 0. The Hall–Kier alpha value is -2.92. The third-order valence-corrected chi connectivity index (χ3v) is 6.97. The number of hydrogen-bond donors (Lipinski definition) is 2. The van der Waals surface area contributed by atoms with E-state index in [1.807, 2.05) is 25.3 Å². The fourth-order valence-electron chi connectivity index (χ4n) is 4.51. The lowest BCUT2D eigenvalue weighted by molar-refractivity contribution is 0.519. The van der Waals surface area contributed by atoms with E-state index in [2.05, 4.69) is 73.9 Å². The first-order chi connectivity index (χ1) is 16.8. The zero-order valence-electron chi connectivity index (χ0n) is 22.3. The number of nitrogens with zero attached hydrogens (tertiary/aromatic N) is 3. The Morgan fingerprint density at radius 2 is 1.94 bits per heavy atom. The summed E-state index contributed by atoms with van der Waals surface area (Å²) < 4.78 is 0. The number of hydrogen-bond acceptors (Lipinski definition) is 5. The van der Waals surface area contributed by atoms with Crippen LogP contribution in [-0.2, 0) is 13.1 Å². The van der Waals surface area contributed by atoms with Crippen LogP contribution in [-0.4, -0.2) is 24.8 Å². The van der Waals surface area contributed by atoms with E-state index in [1.165, 1.54) is 17.5 Å². The van der Waals surface area contributed by atoms with Crippen molar-refractivity contribution in [3.63, 3.8) is 0 Å². The lowest BCUT2D eigenvalue weighted by Gasteiger charge is -2.23. The molecule has 1 aliphatic carbocycles. The Balaban J connectivity index is 1.81. The summed E-state index contributed by atoms with van der Waals surface area (Å²) in [7, 11) is 2.09. The quantitative estimate of drug-likeness (QED) is 0.333. The predicted molar refractivity (Wildman–Crippen MR) is 153 cm³/mol. The van der Waals surface area contributed by atoms with Gasteiger partial charge in [-0.2, -0.15) is 0 Å². The van der Waals surface area contributed by atoms with Gasteiger partial charge in [-0.05, 0) is 55.2 Å². The van der Waals surface area contributed by atoms with Gasteiger partial charge < -0.3 is 16.0 Å². The normalized spacial score (nSPS) is 17.8. The first kappa shape index (κ1) is 26.7. The molecule has 1 aliphatic rings. The van der Waals surface area contributed by atoms with Crippen LogP contribution in [0.2, 0.25) is 0 Å². The van der Waals surface area contributed by atoms with Gasteiger partial charge in [0, 0.05) is 31.6 Å². The highest BCUT2D eigenvalue weighted by molar-refractivity contribution is 5.81. The molecule has 0 aliphatic heterocycles. The van der Waals surface area contributed by atoms with Crippen LogP contribution in [0, 0.1) is 11.3 Å². The second-order valence-electron chi connectivity index (χ2n) is 10.3. The number of pyridine rings is 1. The van der Waals surface area contributed by atoms with Crippen LogP contribution < -0.4 is 26.5 Å². The third kappa shape index (κ3) is 7.04. The molecule has 1 heterocycles. The maximum absolute atomic E-state index is 6.40. The number of unbranched alkanes of at least 4 members (excludes halogenated alkanes) is 2. The monoisotopic (exact) mass is 473 g/mol. The largest absolute Gasteiger partial charge is 0.382 e. The standard InChI is InChI=1S/C30H43N5/c1-7-10-11-17-33-27-28(25(12-8-2)26(9-3)34-29(27)31)35(6)21-23-15-13-22(14-16-23)19-32-20-24-18-30(24,4)5/h8-9,12-17,24,32H,2,7,10-11,18-21H2,1,3-6H3,(H2,31,34)/b25-12+,26-9+,33-17+. The fourth-order valence-corrected chi connectivity index (χ4v) is 4.51. The van der Waals surface area contributed by atoms with Gasteiger partial charge >= 0.3 is 0 Å². The third-order valence-electron chi connectivity index (χ3n) is 6.97. The molecule has 0 saturated heterocycles. The molecule has 0 radical (unpaired) electrons. The molecule has 1 aromatic heterocycles. The van der Waals surface area contributed by atoms with Gasteiger partial charge in [0.05, 0.1) is 11.0 Å². The Kier molecular flexibility index (Phi) is 9.27. The van der Waals surface area contributed by atoms with Gasteiger partial charge in [-0.3, -0.25) is 4.99 Å². The molecule has 1 unspecified atom stereocenters. The summed E-state index contributed by atoms with van der Waals surface area (Å²) in [6.07, 6.45) is 12.2. The molecule has 1 saturated carbocycles. The Morgan fingerprint density at radius 3 is 2.54 bits per heavy atom. The molecule has 3 N–H and O–H groups in total. The Labute approximate surface area is 211 Å². The number of allylic oxidation sites excluding steroid dienone is 1. The molecule has 0 spiro atoms. The number of anilines is 2. The Bertz CT molecular complexity index is 1140. The molecule has 3 rings (SSSR count). The van der Waals surface area contributed by atoms with Gasteiger partial charge in [0.1, 0.15) is 5.69 Å². The fraction of sp³-hybridized carbons (Fsp3) is 0.467. The molecular formula is C30H43N5. The first-order valence-electron chi connectivity index (χ1n) is 12.9. The van der Waals surface area contributed by atoms with Crippen LogP contribution in [0.1, 0.15) is 64.5 Å². The number of nitrogens with two attached hydrogens (primary N) is 1. The Morgan fingerprint density at radius 1 is 1.26 bits per heavy atom. The number of nitrogens with one attached hydrogen (secondary N) is 1. The number of rotatable bonds is 12. The van der Waals surface area contributed by atoms with Crippen molar-refractivity contribution in [2.45, 2.75) is 66.5 Å². The van der Waals surface area contributed by atoms with E-state index in [4.69, 9.17) is 10.7 Å². The highest BCUT2D eigenvalue weighted by atomic mass is 15.1. The van der Waals surface area contributed by atoms with Crippen LogP contribution in [0.3, 0.4) is 0 Å². The summed E-state index contributed by atoms with van der Waals surface area (Å²) in [6.45, 7) is 15.5. The van der Waals surface area contributed by atoms with Crippen molar-refractivity contribution in [2.75, 3.05) is 24.2 Å². The van der Waals surface area contributed by atoms with Crippen molar-refractivity contribution in [1.29, 1.82) is 0 Å². The summed E-state index contributed by atoms with van der Waals surface area (Å²) in [6, 6.07) is 8.88. The van der Waals surface area contributed by atoms with Crippen molar-refractivity contribution < 1.29 is 0 Å². The van der Waals surface area contributed by atoms with Crippen molar-refractivity contribution >= 4 is 35.6 Å². The second-order valence-corrected chi connectivity index (χ2v) is 10.3. The van der Waals surface area contributed by atoms with E-state index in [0.717, 1.165) is 66.8 Å². The van der Waals surface area contributed by atoms with Crippen LogP contribution in [0.4, 0.5) is 17.2 Å². The number of aromatic nitrogens is 1. The lowest BCUT2D eigenvalue weighted by atomic mass is 10.1. The van der Waals surface area contributed by atoms with E-state index in [-0.39, 0.29) is 0 Å². The maximum Gasteiger partial charge on any atom is 0.152 e. The van der Waals surface area contributed by atoms with Gasteiger partial charge in [0.15, 0.2) is 5.82 Å². The minimum absolute atomic E-state index is 0.453. The van der Waals surface area contributed by atoms with Crippen LogP contribution >= 0.6 is 0 Å². The molecule has 1 fully saturated rings. The molecule has 188 valence electrons. The summed E-state index contributed by atoms with van der Waals surface area (Å²) in [5, 5.41) is 5.45. The molecular weight excluding hydrogens is 430 g/mol. The second kappa shape index (κ2) is 12.2. The minimum atomic E-state index is 0.453. The van der Waals surface area contributed by atoms with Gasteiger partial charge in [-0.15, -0.1) is 0 Å². The lowest BCUT2D eigenvalue weighted by Crippen LogP contribution is -2.35. The molecule has 0 amide bonds. The van der Waals surface area contributed by atoms with Crippen molar-refractivity contribution in [2.24, 2.45) is 16.3 Å². The molecule has 5 heteroatoms. The average Bonchev–Trinajstić information content (AvgIpc) is 3.45. The SMILES string of the molecule is C=C/C=c1/c(N(C)Cc2ccc(CNCC3CC3(C)C)cc2)c(/N=C/CCCC)c(N)n/c1=C/C. The zero-order valence-corrected chi connectivity index (χ0v) is 22.3. The van der Waals surface area contributed by atoms with Gasteiger partial charge in [-0.25, -0.2) is 4.98 Å². The highest BCUT2D eigenvalue weighted by Crippen LogP contribution is 2.51. The van der Waals surface area contributed by atoms with Gasteiger partial charge in [-0.1, -0.05) is 76.3 Å². The predicted octanol–water partition coefficient (Wildman–Crippen LogP) is 5.10. The van der Waals surface area contributed by atoms with E-state index in [9.17, 15) is 0 Å². The molecule has 1 aromatic carbocycles. The van der Waals surface area contributed by atoms with E-state index < -0.39 is 0 Å². The summed E-state index contributed by atoms with van der Waals surface area (Å²) in [5.74, 6) is 1.27. The smallest absolute Gasteiger partial charge is 0.152 e. The summed E-state index contributed by atoms with van der Waals surface area (Å²) in [4.78, 5) is 11.6. The zero-order chi connectivity index (χ0) is 25.4. The minimum Gasteiger partial charge on any atom is -0.382 e. The van der Waals surface area contributed by atoms with Crippen molar-refractivity contribution in [3.8, 4) is 0 Å². The molecule has 1 atom stereocenters. The maximum atomic E-state index is 6.40. The van der Waals surface area contributed by atoms with Crippen molar-refractivity contribution in [3.05, 3.63) is 58.6 Å². The summed E-state index contributed by atoms with van der Waals surface area (Å²) in [5.41, 5.74) is 11.2. The topological polar surface area (TPSA) is 66.5 Å². The van der Waals surface area contributed by atoms with Crippen LogP contribution in [0.25, 0.3) is 12.2 Å². The van der Waals surface area contributed by atoms with E-state index in [1.54, 1.807) is 6.08 Å². The van der Waals surface area contributed by atoms with E-state index in [0.29, 0.717) is 11.2 Å².